The van der Waals surface area contributed by atoms with Gasteiger partial charge in [-0.1, -0.05) is 24.3 Å². The molecule has 2 N–H and O–H groups in total. The lowest BCUT2D eigenvalue weighted by molar-refractivity contribution is 0.0786. The maximum Gasteiger partial charge on any atom is 0.279 e. The van der Waals surface area contributed by atoms with Gasteiger partial charge in [-0.25, -0.2) is 0 Å². The predicted molar refractivity (Wildman–Crippen MR) is 71.1 cm³/mol. The van der Waals surface area contributed by atoms with E-state index in [0.29, 0.717) is 0 Å². The SMILES string of the molecule is CN(C)S(=O)(=O)NCc1ccc(C(C)(C)O)cc1. The van der Waals surface area contributed by atoms with E-state index in [9.17, 15) is 13.5 Å². The van der Waals surface area contributed by atoms with E-state index in [2.05, 4.69) is 4.72 Å². The van der Waals surface area contributed by atoms with Crippen LogP contribution < -0.4 is 4.72 Å². The van der Waals surface area contributed by atoms with Crippen LogP contribution in [0.5, 0.6) is 0 Å². The molecule has 102 valence electrons. The van der Waals surface area contributed by atoms with Gasteiger partial charge < -0.3 is 5.11 Å². The highest BCUT2D eigenvalue weighted by atomic mass is 32.2. The Morgan fingerprint density at radius 3 is 2.11 bits per heavy atom. The second-order valence-corrected chi connectivity index (χ2v) is 6.83. The van der Waals surface area contributed by atoms with E-state index in [1.54, 1.807) is 38.1 Å². The van der Waals surface area contributed by atoms with E-state index < -0.39 is 15.8 Å². The summed E-state index contributed by atoms with van der Waals surface area (Å²) in [6, 6.07) is 7.18. The van der Waals surface area contributed by atoms with Crippen molar-refractivity contribution in [2.24, 2.45) is 0 Å². The van der Waals surface area contributed by atoms with Gasteiger partial charge in [0.1, 0.15) is 0 Å². The van der Waals surface area contributed by atoms with Crippen molar-refractivity contribution in [2.75, 3.05) is 14.1 Å². The smallest absolute Gasteiger partial charge is 0.279 e. The summed E-state index contributed by atoms with van der Waals surface area (Å²) in [7, 11) is -0.457. The van der Waals surface area contributed by atoms with E-state index in [1.807, 2.05) is 0 Å². The predicted octanol–water partition coefficient (Wildman–Crippen LogP) is 0.810. The summed E-state index contributed by atoms with van der Waals surface area (Å²) in [4.78, 5) is 0. The fourth-order valence-electron chi connectivity index (χ4n) is 1.33. The molecule has 6 heteroatoms. The molecule has 0 radical (unpaired) electrons. The van der Waals surface area contributed by atoms with Crippen molar-refractivity contribution in [3.05, 3.63) is 35.4 Å². The van der Waals surface area contributed by atoms with Crippen LogP contribution in [0, 0.1) is 0 Å². The first-order chi connectivity index (χ1) is 8.13. The lowest BCUT2D eigenvalue weighted by Gasteiger charge is -2.18. The van der Waals surface area contributed by atoms with Crippen LogP contribution in [0.2, 0.25) is 0 Å². The van der Waals surface area contributed by atoms with Gasteiger partial charge in [0.25, 0.3) is 10.2 Å². The summed E-state index contributed by atoms with van der Waals surface area (Å²) >= 11 is 0. The maximum atomic E-state index is 11.5. The third kappa shape index (κ3) is 4.06. The van der Waals surface area contributed by atoms with Crippen molar-refractivity contribution >= 4 is 10.2 Å². The first kappa shape index (κ1) is 15.1. The summed E-state index contributed by atoms with van der Waals surface area (Å²) in [5.41, 5.74) is 0.747. The van der Waals surface area contributed by atoms with Crippen LogP contribution in [0.1, 0.15) is 25.0 Å². The highest BCUT2D eigenvalue weighted by Gasteiger charge is 2.16. The Kier molecular flexibility index (Phi) is 4.50. The Labute approximate surface area is 109 Å². The molecule has 0 saturated heterocycles. The molecule has 0 atom stereocenters. The van der Waals surface area contributed by atoms with Crippen LogP contribution in [0.4, 0.5) is 0 Å². The number of nitrogens with zero attached hydrogens (tertiary/aromatic N) is 1. The van der Waals surface area contributed by atoms with E-state index >= 15 is 0 Å². The second kappa shape index (κ2) is 5.36. The van der Waals surface area contributed by atoms with Gasteiger partial charge >= 0.3 is 0 Å². The van der Waals surface area contributed by atoms with E-state index in [-0.39, 0.29) is 6.54 Å². The molecule has 0 aromatic heterocycles. The molecule has 0 aliphatic rings. The van der Waals surface area contributed by atoms with E-state index in [1.165, 1.54) is 14.1 Å². The zero-order valence-electron chi connectivity index (χ0n) is 11.1. The Hall–Kier alpha value is -0.950. The number of rotatable bonds is 5. The van der Waals surface area contributed by atoms with Gasteiger partial charge in [0.05, 0.1) is 5.60 Å². The van der Waals surface area contributed by atoms with E-state index in [0.717, 1.165) is 15.4 Å². The van der Waals surface area contributed by atoms with Gasteiger partial charge in [0.15, 0.2) is 0 Å². The molecule has 0 bridgehead atoms. The zero-order chi connectivity index (χ0) is 14.0. The van der Waals surface area contributed by atoms with Gasteiger partial charge in [0.2, 0.25) is 0 Å². The van der Waals surface area contributed by atoms with Gasteiger partial charge in [-0.15, -0.1) is 0 Å². The molecule has 0 saturated carbocycles. The van der Waals surface area contributed by atoms with Crippen LogP contribution >= 0.6 is 0 Å². The fourth-order valence-corrected chi connectivity index (χ4v) is 1.94. The maximum absolute atomic E-state index is 11.5. The molecule has 0 fully saturated rings. The number of nitrogens with one attached hydrogen (secondary N) is 1. The van der Waals surface area contributed by atoms with Crippen LogP contribution in [0.3, 0.4) is 0 Å². The summed E-state index contributed by atoms with van der Waals surface area (Å²) in [5, 5.41) is 9.79. The summed E-state index contributed by atoms with van der Waals surface area (Å²) in [6.45, 7) is 3.64. The van der Waals surface area contributed by atoms with Crippen molar-refractivity contribution < 1.29 is 13.5 Å². The Bertz CT molecular complexity index is 487. The lowest BCUT2D eigenvalue weighted by Crippen LogP contribution is -2.35. The highest BCUT2D eigenvalue weighted by Crippen LogP contribution is 2.19. The third-order valence-corrected chi connectivity index (χ3v) is 4.07. The second-order valence-electron chi connectivity index (χ2n) is 4.86. The molecule has 18 heavy (non-hydrogen) atoms. The molecule has 0 spiro atoms. The Morgan fingerprint density at radius 2 is 1.72 bits per heavy atom. The third-order valence-electron chi connectivity index (χ3n) is 2.60. The summed E-state index contributed by atoms with van der Waals surface area (Å²) in [5.74, 6) is 0. The normalized spacial score (nSPS) is 13.0. The standard InChI is InChI=1S/C12H20N2O3S/c1-12(2,15)11-7-5-10(6-8-11)9-13-18(16,17)14(3)4/h5-8,13,15H,9H2,1-4H3. The van der Waals surface area contributed by atoms with Crippen molar-refractivity contribution in [1.29, 1.82) is 0 Å². The topological polar surface area (TPSA) is 69.6 Å². The van der Waals surface area contributed by atoms with E-state index in [4.69, 9.17) is 0 Å². The molecule has 0 aliphatic heterocycles. The van der Waals surface area contributed by atoms with Crippen molar-refractivity contribution in [1.82, 2.24) is 9.03 Å². The molecular formula is C12H20N2O3S. The largest absolute Gasteiger partial charge is 0.386 e. The number of hydrogen-bond donors (Lipinski definition) is 2. The molecule has 1 aromatic carbocycles. The molecule has 0 amide bonds. The summed E-state index contributed by atoms with van der Waals surface area (Å²) < 4.78 is 26.6. The monoisotopic (exact) mass is 272 g/mol. The Balaban J connectivity index is 2.72. The first-order valence-corrected chi connectivity index (χ1v) is 7.06. The molecule has 0 heterocycles. The van der Waals surface area contributed by atoms with Crippen molar-refractivity contribution in [3.8, 4) is 0 Å². The zero-order valence-corrected chi connectivity index (χ0v) is 12.0. The van der Waals surface area contributed by atoms with Crippen LogP contribution in [-0.4, -0.2) is 31.9 Å². The summed E-state index contributed by atoms with van der Waals surface area (Å²) in [6.07, 6.45) is 0. The van der Waals surface area contributed by atoms with Crippen LogP contribution in [0.25, 0.3) is 0 Å². The van der Waals surface area contributed by atoms with Crippen molar-refractivity contribution in [2.45, 2.75) is 26.0 Å². The number of hydrogen-bond acceptors (Lipinski definition) is 3. The van der Waals surface area contributed by atoms with Gasteiger partial charge in [0, 0.05) is 20.6 Å². The fraction of sp³-hybridized carbons (Fsp3) is 0.500. The van der Waals surface area contributed by atoms with Crippen LogP contribution in [-0.2, 0) is 22.4 Å². The number of aliphatic hydroxyl groups is 1. The molecule has 0 aliphatic carbocycles. The molecule has 1 rings (SSSR count). The van der Waals surface area contributed by atoms with Crippen molar-refractivity contribution in [3.63, 3.8) is 0 Å². The quantitative estimate of drug-likeness (QED) is 0.833. The van der Waals surface area contributed by atoms with Gasteiger partial charge in [-0.3, -0.25) is 0 Å². The average molecular weight is 272 g/mol. The molecule has 1 aromatic rings. The van der Waals surface area contributed by atoms with Gasteiger partial charge in [-0.05, 0) is 25.0 Å². The minimum absolute atomic E-state index is 0.229. The molecule has 5 nitrogen and oxygen atoms in total. The highest BCUT2D eigenvalue weighted by molar-refractivity contribution is 7.87. The minimum atomic E-state index is -3.40. The Morgan fingerprint density at radius 1 is 1.22 bits per heavy atom. The minimum Gasteiger partial charge on any atom is -0.386 e. The van der Waals surface area contributed by atoms with Gasteiger partial charge in [-0.2, -0.15) is 17.4 Å². The lowest BCUT2D eigenvalue weighted by atomic mass is 9.97. The van der Waals surface area contributed by atoms with Crippen LogP contribution in [0.15, 0.2) is 24.3 Å². The molecule has 0 unspecified atom stereocenters. The first-order valence-electron chi connectivity index (χ1n) is 5.62. The average Bonchev–Trinajstić information content (AvgIpc) is 2.25. The number of benzene rings is 1. The molecular weight excluding hydrogens is 252 g/mol.